The van der Waals surface area contributed by atoms with Crippen molar-refractivity contribution in [1.82, 2.24) is 10.2 Å². The van der Waals surface area contributed by atoms with Gasteiger partial charge in [0, 0.05) is 17.2 Å². The number of nitrogens with zero attached hydrogens (tertiary/aromatic N) is 1. The van der Waals surface area contributed by atoms with Gasteiger partial charge in [-0.2, -0.15) is 5.10 Å². The third-order valence-corrected chi connectivity index (χ3v) is 3.46. The van der Waals surface area contributed by atoms with Gasteiger partial charge in [-0.25, -0.2) is 4.39 Å². The molecule has 0 aliphatic heterocycles. The molecule has 0 saturated heterocycles. The summed E-state index contributed by atoms with van der Waals surface area (Å²) in [6, 6.07) is 5.16. The van der Waals surface area contributed by atoms with E-state index in [2.05, 4.69) is 17.1 Å². The lowest BCUT2D eigenvalue weighted by molar-refractivity contribution is 0.618. The van der Waals surface area contributed by atoms with Gasteiger partial charge in [-0.1, -0.05) is 0 Å². The summed E-state index contributed by atoms with van der Waals surface area (Å²) in [6.07, 6.45) is 2.51. The van der Waals surface area contributed by atoms with Crippen LogP contribution in [0.1, 0.15) is 35.6 Å². The summed E-state index contributed by atoms with van der Waals surface area (Å²) in [4.78, 5) is 0. The molecule has 0 spiro atoms. The molecule has 2 nitrogen and oxygen atoms in total. The zero-order valence-electron chi connectivity index (χ0n) is 10.0. The molecule has 1 aromatic carbocycles. The summed E-state index contributed by atoms with van der Waals surface area (Å²) in [6.45, 7) is 3.87. The molecular weight excluding hydrogens is 215 g/mol. The molecule has 0 amide bonds. The Morgan fingerprint density at radius 1 is 1.29 bits per heavy atom. The van der Waals surface area contributed by atoms with Crippen LogP contribution in [0.3, 0.4) is 0 Å². The Morgan fingerprint density at radius 2 is 2.06 bits per heavy atom. The molecule has 0 bridgehead atoms. The largest absolute Gasteiger partial charge is 0.281 e. The second kappa shape index (κ2) is 3.69. The quantitative estimate of drug-likeness (QED) is 0.837. The van der Waals surface area contributed by atoms with Crippen LogP contribution >= 0.6 is 0 Å². The summed E-state index contributed by atoms with van der Waals surface area (Å²) >= 11 is 0. The van der Waals surface area contributed by atoms with Gasteiger partial charge in [-0.15, -0.1) is 0 Å². The Kier molecular flexibility index (Phi) is 2.28. The Morgan fingerprint density at radius 3 is 2.71 bits per heavy atom. The van der Waals surface area contributed by atoms with E-state index in [0.29, 0.717) is 11.5 Å². The SMILES string of the molecule is Cc1cc(-c2n[nH]c(C3CC3)c2C)ccc1F. The normalized spacial score (nSPS) is 15.2. The predicted octanol–water partition coefficient (Wildman–Crippen LogP) is 3.71. The average molecular weight is 230 g/mol. The second-order valence-corrected chi connectivity index (χ2v) is 4.85. The number of nitrogens with one attached hydrogen (secondary N) is 1. The number of hydrogen-bond acceptors (Lipinski definition) is 1. The number of H-pyrrole nitrogens is 1. The van der Waals surface area contributed by atoms with Crippen LogP contribution in [0, 0.1) is 19.7 Å². The lowest BCUT2D eigenvalue weighted by atomic mass is 10.0. The van der Waals surface area contributed by atoms with Crippen LogP contribution in [0.2, 0.25) is 0 Å². The van der Waals surface area contributed by atoms with Crippen molar-refractivity contribution in [2.45, 2.75) is 32.6 Å². The Balaban J connectivity index is 2.05. The smallest absolute Gasteiger partial charge is 0.126 e. The second-order valence-electron chi connectivity index (χ2n) is 4.85. The van der Waals surface area contributed by atoms with E-state index in [1.54, 1.807) is 13.0 Å². The molecule has 3 heteroatoms. The van der Waals surface area contributed by atoms with Crippen molar-refractivity contribution in [3.05, 3.63) is 40.8 Å². The van der Waals surface area contributed by atoms with Gasteiger partial charge in [0.25, 0.3) is 0 Å². The van der Waals surface area contributed by atoms with E-state index >= 15 is 0 Å². The Bertz CT molecular complexity index is 568. The first-order valence-corrected chi connectivity index (χ1v) is 5.98. The van der Waals surface area contributed by atoms with E-state index in [0.717, 1.165) is 11.3 Å². The van der Waals surface area contributed by atoms with E-state index in [1.165, 1.54) is 30.2 Å². The van der Waals surface area contributed by atoms with Crippen molar-refractivity contribution >= 4 is 0 Å². The number of rotatable bonds is 2. The fraction of sp³-hybridized carbons (Fsp3) is 0.357. The van der Waals surface area contributed by atoms with E-state index in [-0.39, 0.29) is 5.82 Å². The highest BCUT2D eigenvalue weighted by Gasteiger charge is 2.28. The van der Waals surface area contributed by atoms with Gasteiger partial charge in [0.2, 0.25) is 0 Å². The fourth-order valence-corrected chi connectivity index (χ4v) is 2.25. The van der Waals surface area contributed by atoms with Gasteiger partial charge in [0.15, 0.2) is 0 Å². The van der Waals surface area contributed by atoms with E-state index < -0.39 is 0 Å². The minimum absolute atomic E-state index is 0.163. The molecule has 88 valence electrons. The summed E-state index contributed by atoms with van der Waals surface area (Å²) in [5.41, 5.74) is 5.07. The summed E-state index contributed by atoms with van der Waals surface area (Å²) in [5.74, 6) is 0.502. The number of benzene rings is 1. The lowest BCUT2D eigenvalue weighted by Gasteiger charge is -2.02. The van der Waals surface area contributed by atoms with Crippen LogP contribution in [0.25, 0.3) is 11.3 Å². The molecule has 1 aliphatic rings. The van der Waals surface area contributed by atoms with Crippen LogP contribution in [0.5, 0.6) is 0 Å². The van der Waals surface area contributed by atoms with Gasteiger partial charge in [0.1, 0.15) is 5.82 Å². The molecule has 1 fully saturated rings. The molecule has 17 heavy (non-hydrogen) atoms. The van der Waals surface area contributed by atoms with Crippen LogP contribution in [0.4, 0.5) is 4.39 Å². The molecule has 1 N–H and O–H groups in total. The maximum atomic E-state index is 13.2. The number of halogens is 1. The third kappa shape index (κ3) is 1.75. The minimum Gasteiger partial charge on any atom is -0.281 e. The fourth-order valence-electron chi connectivity index (χ4n) is 2.25. The first-order valence-electron chi connectivity index (χ1n) is 5.98. The molecule has 0 atom stereocenters. The first-order chi connectivity index (χ1) is 8.16. The predicted molar refractivity (Wildman–Crippen MR) is 65.4 cm³/mol. The highest BCUT2D eigenvalue weighted by molar-refractivity contribution is 5.64. The van der Waals surface area contributed by atoms with Crippen LogP contribution < -0.4 is 0 Å². The first kappa shape index (κ1) is 10.5. The Hall–Kier alpha value is -1.64. The minimum atomic E-state index is -0.163. The summed E-state index contributed by atoms with van der Waals surface area (Å²) in [5, 5.41) is 7.50. The number of aromatic amines is 1. The molecule has 1 saturated carbocycles. The average Bonchev–Trinajstić information content (AvgIpc) is 3.07. The van der Waals surface area contributed by atoms with Gasteiger partial charge >= 0.3 is 0 Å². The molecule has 1 aromatic heterocycles. The number of aryl methyl sites for hydroxylation is 1. The van der Waals surface area contributed by atoms with Crippen molar-refractivity contribution in [2.24, 2.45) is 0 Å². The van der Waals surface area contributed by atoms with Crippen molar-refractivity contribution in [1.29, 1.82) is 0 Å². The molecular formula is C14H15FN2. The maximum Gasteiger partial charge on any atom is 0.126 e. The highest BCUT2D eigenvalue weighted by Crippen LogP contribution is 2.42. The van der Waals surface area contributed by atoms with Gasteiger partial charge < -0.3 is 0 Å². The summed E-state index contributed by atoms with van der Waals surface area (Å²) in [7, 11) is 0. The monoisotopic (exact) mass is 230 g/mol. The van der Waals surface area contributed by atoms with E-state index in [4.69, 9.17) is 0 Å². The highest BCUT2D eigenvalue weighted by atomic mass is 19.1. The van der Waals surface area contributed by atoms with Gasteiger partial charge in [-0.05, 0) is 56.0 Å². The molecule has 1 heterocycles. The molecule has 0 radical (unpaired) electrons. The standard InChI is InChI=1S/C14H15FN2/c1-8-7-11(5-6-12(8)15)14-9(2)13(16-17-14)10-3-4-10/h5-7,10H,3-4H2,1-2H3,(H,16,17). The molecule has 2 aromatic rings. The zero-order chi connectivity index (χ0) is 12.0. The zero-order valence-corrected chi connectivity index (χ0v) is 10.0. The number of hydrogen-bond donors (Lipinski definition) is 1. The van der Waals surface area contributed by atoms with Crippen molar-refractivity contribution in [2.75, 3.05) is 0 Å². The Labute approximate surface area is 99.9 Å². The van der Waals surface area contributed by atoms with E-state index in [9.17, 15) is 4.39 Å². The van der Waals surface area contributed by atoms with Crippen LogP contribution in [-0.4, -0.2) is 10.2 Å². The molecule has 1 aliphatic carbocycles. The van der Waals surface area contributed by atoms with Crippen LogP contribution in [0.15, 0.2) is 18.2 Å². The van der Waals surface area contributed by atoms with Crippen molar-refractivity contribution in [3.63, 3.8) is 0 Å². The van der Waals surface area contributed by atoms with Gasteiger partial charge in [0.05, 0.1) is 5.69 Å². The lowest BCUT2D eigenvalue weighted by Crippen LogP contribution is -1.87. The van der Waals surface area contributed by atoms with E-state index in [1.807, 2.05) is 6.07 Å². The number of aromatic nitrogens is 2. The molecule has 3 rings (SSSR count). The summed E-state index contributed by atoms with van der Waals surface area (Å²) < 4.78 is 13.2. The maximum absolute atomic E-state index is 13.2. The topological polar surface area (TPSA) is 28.7 Å². The third-order valence-electron chi connectivity index (χ3n) is 3.46. The van der Waals surface area contributed by atoms with Gasteiger partial charge in [-0.3, -0.25) is 5.10 Å². The van der Waals surface area contributed by atoms with Crippen LogP contribution in [-0.2, 0) is 0 Å². The molecule has 0 unspecified atom stereocenters. The van der Waals surface area contributed by atoms with Crippen molar-refractivity contribution < 1.29 is 4.39 Å². The van der Waals surface area contributed by atoms with Crippen molar-refractivity contribution in [3.8, 4) is 11.3 Å².